The van der Waals surface area contributed by atoms with Gasteiger partial charge in [-0.3, -0.25) is 9.59 Å². The first-order valence-electron chi connectivity index (χ1n) is 13.7. The van der Waals surface area contributed by atoms with Gasteiger partial charge in [-0.05, 0) is 37.8 Å². The number of hydrazine groups is 2. The second-order valence-corrected chi connectivity index (χ2v) is 10.2. The van der Waals surface area contributed by atoms with E-state index in [1.54, 1.807) is 6.20 Å². The SMILES string of the molecule is N#CCCC(=O)C1CCCN(Nc2ncnc3[nH]ccc23)C1.O=C(O)C1CCCN(Nc2ncnc3[nH]ccc23)C1.[CH3-].[W]. The molecule has 228 valence electrons. The summed E-state index contributed by atoms with van der Waals surface area (Å²) in [4.78, 5) is 46.0. The van der Waals surface area contributed by atoms with Gasteiger partial charge in [-0.1, -0.05) is 0 Å². The van der Waals surface area contributed by atoms with E-state index in [-0.39, 0.29) is 46.1 Å². The van der Waals surface area contributed by atoms with E-state index in [0.29, 0.717) is 31.7 Å². The molecule has 4 aromatic rings. The molecule has 0 aliphatic carbocycles. The number of carboxylic acid groups (broad SMARTS) is 1. The van der Waals surface area contributed by atoms with Crippen LogP contribution in [0.3, 0.4) is 0 Å². The molecule has 0 aromatic carbocycles. The fraction of sp³-hybridized carbons (Fsp3) is 0.429. The molecule has 15 heteroatoms. The zero-order valence-corrected chi connectivity index (χ0v) is 26.9. The molecule has 5 N–H and O–H groups in total. The number of carbonyl (C=O) groups is 2. The summed E-state index contributed by atoms with van der Waals surface area (Å²) >= 11 is 0. The van der Waals surface area contributed by atoms with Crippen LogP contribution in [0.4, 0.5) is 11.6 Å². The normalized spacial score (nSPS) is 18.8. The Morgan fingerprint density at radius 2 is 1.42 bits per heavy atom. The van der Waals surface area contributed by atoms with Crippen molar-refractivity contribution in [1.29, 1.82) is 5.26 Å². The van der Waals surface area contributed by atoms with Gasteiger partial charge in [-0.25, -0.2) is 30.0 Å². The van der Waals surface area contributed by atoms with Crippen molar-refractivity contribution in [3.05, 3.63) is 44.6 Å². The molecule has 43 heavy (non-hydrogen) atoms. The van der Waals surface area contributed by atoms with E-state index in [0.717, 1.165) is 66.7 Å². The molecular weight excluding hydrogens is 722 g/mol. The topological polar surface area (TPSA) is 192 Å². The average molecular weight is 759 g/mol. The summed E-state index contributed by atoms with van der Waals surface area (Å²) in [6.45, 7) is 2.84. The molecule has 0 radical (unpaired) electrons. The maximum absolute atomic E-state index is 12.1. The summed E-state index contributed by atoms with van der Waals surface area (Å²) < 4.78 is 0. The van der Waals surface area contributed by atoms with Gasteiger partial charge in [0, 0.05) is 78.4 Å². The average Bonchev–Trinajstić information content (AvgIpc) is 3.68. The van der Waals surface area contributed by atoms with Gasteiger partial charge in [0.05, 0.1) is 22.8 Å². The van der Waals surface area contributed by atoms with Crippen LogP contribution in [0.2, 0.25) is 0 Å². The van der Waals surface area contributed by atoms with E-state index in [2.05, 4.69) is 40.8 Å². The van der Waals surface area contributed by atoms with Crippen LogP contribution in [-0.2, 0) is 30.7 Å². The number of fused-ring (bicyclic) bond motifs is 2. The number of carbonyl (C=O) groups excluding carboxylic acids is 1. The number of nitrogens with one attached hydrogen (secondary N) is 4. The van der Waals surface area contributed by atoms with Crippen LogP contribution in [0.1, 0.15) is 38.5 Å². The molecular formula is C28H36N11O3W-. The van der Waals surface area contributed by atoms with Crippen LogP contribution in [-0.4, -0.2) is 83.0 Å². The van der Waals surface area contributed by atoms with Crippen LogP contribution >= 0.6 is 0 Å². The Balaban J connectivity index is 0.000000227. The Morgan fingerprint density at radius 3 is 1.93 bits per heavy atom. The van der Waals surface area contributed by atoms with Gasteiger partial charge in [0.2, 0.25) is 0 Å². The first-order valence-corrected chi connectivity index (χ1v) is 13.7. The van der Waals surface area contributed by atoms with Gasteiger partial charge in [0.1, 0.15) is 29.7 Å². The van der Waals surface area contributed by atoms with E-state index in [9.17, 15) is 9.59 Å². The summed E-state index contributed by atoms with van der Waals surface area (Å²) in [5.41, 5.74) is 8.05. The molecule has 2 aliphatic heterocycles. The number of aromatic nitrogens is 6. The number of aliphatic carboxylic acids is 1. The molecule has 2 fully saturated rings. The number of hydrogen-bond acceptors (Lipinski definition) is 11. The summed E-state index contributed by atoms with van der Waals surface area (Å²) in [6, 6.07) is 5.86. The van der Waals surface area contributed by atoms with E-state index in [1.165, 1.54) is 12.7 Å². The molecule has 0 saturated carbocycles. The zero-order chi connectivity index (χ0) is 28.6. The number of anilines is 2. The maximum atomic E-state index is 12.1. The molecule has 2 atom stereocenters. The molecule has 2 unspecified atom stereocenters. The number of hydrogen-bond donors (Lipinski definition) is 5. The van der Waals surface area contributed by atoms with Crippen molar-refractivity contribution >= 4 is 45.5 Å². The largest absolute Gasteiger partial charge is 0.481 e. The summed E-state index contributed by atoms with van der Waals surface area (Å²) in [5.74, 6) is 0.583. The fourth-order valence-corrected chi connectivity index (χ4v) is 5.23. The fourth-order valence-electron chi connectivity index (χ4n) is 5.23. The molecule has 2 saturated heterocycles. The third-order valence-corrected chi connectivity index (χ3v) is 7.37. The van der Waals surface area contributed by atoms with Crippen molar-refractivity contribution < 1.29 is 35.8 Å². The van der Waals surface area contributed by atoms with Crippen molar-refractivity contribution in [3.8, 4) is 6.07 Å². The van der Waals surface area contributed by atoms with Crippen LogP contribution in [0.15, 0.2) is 37.2 Å². The minimum Gasteiger partial charge on any atom is -0.481 e. The second kappa shape index (κ2) is 16.1. The predicted octanol–water partition coefficient (Wildman–Crippen LogP) is 3.40. The third kappa shape index (κ3) is 8.56. The van der Waals surface area contributed by atoms with Gasteiger partial charge in [-0.15, -0.1) is 0 Å². The van der Waals surface area contributed by atoms with E-state index in [4.69, 9.17) is 10.4 Å². The third-order valence-electron chi connectivity index (χ3n) is 7.37. The molecule has 0 amide bonds. The Morgan fingerprint density at radius 1 is 0.907 bits per heavy atom. The Kier molecular flexibility index (Phi) is 12.5. The molecule has 2 aliphatic rings. The van der Waals surface area contributed by atoms with E-state index >= 15 is 0 Å². The van der Waals surface area contributed by atoms with Gasteiger partial charge in [-0.2, -0.15) is 5.26 Å². The molecule has 0 spiro atoms. The van der Waals surface area contributed by atoms with Gasteiger partial charge in [0.15, 0.2) is 11.6 Å². The Labute approximate surface area is 263 Å². The van der Waals surface area contributed by atoms with Crippen LogP contribution < -0.4 is 10.9 Å². The number of Topliss-reactive ketones (excluding diaryl/α,β-unsaturated/α-hetero) is 1. The number of nitrogens with zero attached hydrogens (tertiary/aromatic N) is 7. The minimum absolute atomic E-state index is 0. The summed E-state index contributed by atoms with van der Waals surface area (Å²) in [7, 11) is 0. The second-order valence-electron chi connectivity index (χ2n) is 10.2. The number of ketones is 1. The smallest absolute Gasteiger partial charge is 0.307 e. The van der Waals surface area contributed by atoms with Crippen LogP contribution in [0, 0.1) is 30.6 Å². The number of H-pyrrole nitrogens is 2. The number of nitriles is 1. The van der Waals surface area contributed by atoms with Crippen molar-refractivity contribution in [2.24, 2.45) is 11.8 Å². The van der Waals surface area contributed by atoms with Gasteiger partial charge in [0.25, 0.3) is 0 Å². The molecule has 0 bridgehead atoms. The van der Waals surface area contributed by atoms with Crippen molar-refractivity contribution in [2.75, 3.05) is 37.0 Å². The first kappa shape index (κ1) is 33.6. The standard InChI is InChI=1S/C15H18N6O.C12H15N5O2.CH3.W/c16-6-1-4-13(22)11-3-2-8-21(9-11)20-15-12-5-7-17-14(12)18-10-19-15;18-12(19)8-2-1-5-17(6-8)16-11-9-3-4-13-10(9)14-7-15-11;;/h5,7,10-11H,1-4,8-9H2,(H2,17,18,19,20);3-4,7-8H,1-2,5-6H2,(H,18,19)(H2,13,14,15,16);1H3;/q;;-1;. The molecule has 4 aromatic heterocycles. The Bertz CT molecular complexity index is 1530. The number of carboxylic acids is 1. The van der Waals surface area contributed by atoms with Gasteiger partial charge >= 0.3 is 5.97 Å². The van der Waals surface area contributed by atoms with Crippen LogP contribution in [0.5, 0.6) is 0 Å². The van der Waals surface area contributed by atoms with Crippen molar-refractivity contribution in [3.63, 3.8) is 0 Å². The molecule has 6 heterocycles. The summed E-state index contributed by atoms with van der Waals surface area (Å²) in [5, 5.41) is 23.5. The van der Waals surface area contributed by atoms with Gasteiger partial charge < -0.3 is 33.4 Å². The minimum atomic E-state index is -0.735. The quantitative estimate of drug-likeness (QED) is 0.165. The van der Waals surface area contributed by atoms with E-state index < -0.39 is 5.97 Å². The molecule has 6 rings (SSSR count). The monoisotopic (exact) mass is 758 g/mol. The number of aromatic amines is 2. The Hall–Kier alpha value is -3.92. The van der Waals surface area contributed by atoms with Crippen LogP contribution in [0.25, 0.3) is 22.1 Å². The first-order chi connectivity index (χ1) is 20.0. The zero-order valence-electron chi connectivity index (χ0n) is 24.0. The van der Waals surface area contributed by atoms with Crippen molar-refractivity contribution in [2.45, 2.75) is 38.5 Å². The number of piperidine rings is 2. The van der Waals surface area contributed by atoms with E-state index in [1.807, 2.05) is 34.4 Å². The van der Waals surface area contributed by atoms with Crippen molar-refractivity contribution in [1.82, 2.24) is 39.9 Å². The summed E-state index contributed by atoms with van der Waals surface area (Å²) in [6.07, 6.45) is 10.7. The maximum Gasteiger partial charge on any atom is 0.307 e. The molecule has 14 nitrogen and oxygen atoms in total. The predicted molar refractivity (Wildman–Crippen MR) is 158 cm³/mol. The number of rotatable bonds is 8.